The molecule has 0 spiro atoms. The van der Waals surface area contributed by atoms with E-state index in [0.29, 0.717) is 11.3 Å². The van der Waals surface area contributed by atoms with Gasteiger partial charge in [-0.15, -0.1) is 0 Å². The highest BCUT2D eigenvalue weighted by Gasteiger charge is 2.18. The molecule has 0 unspecified atom stereocenters. The van der Waals surface area contributed by atoms with E-state index in [0.717, 1.165) is 11.1 Å². The first kappa shape index (κ1) is 16.0. The van der Waals surface area contributed by atoms with Gasteiger partial charge in [0.05, 0.1) is 10.7 Å². The molecule has 0 bridgehead atoms. The average molecular weight is 338 g/mol. The molecule has 0 radical (unpaired) electrons. The van der Waals surface area contributed by atoms with Crippen LogP contribution in [-0.2, 0) is 0 Å². The lowest BCUT2D eigenvalue weighted by Crippen LogP contribution is -2.01. The summed E-state index contributed by atoms with van der Waals surface area (Å²) in [5.74, 6) is -0.468. The molecule has 0 fully saturated rings. The second-order valence-corrected chi connectivity index (χ2v) is 5.80. The monoisotopic (exact) mass is 337 g/mol. The number of nitriles is 1. The van der Waals surface area contributed by atoms with Gasteiger partial charge in [0, 0.05) is 16.7 Å². The van der Waals surface area contributed by atoms with Crippen LogP contribution in [-0.4, -0.2) is 4.98 Å². The van der Waals surface area contributed by atoms with E-state index in [1.165, 1.54) is 12.1 Å². The quantitative estimate of drug-likeness (QED) is 0.718. The second kappa shape index (κ2) is 6.31. The van der Waals surface area contributed by atoms with Crippen molar-refractivity contribution in [2.75, 3.05) is 5.73 Å². The Morgan fingerprint density at radius 2 is 1.88 bits per heavy atom. The smallest absolute Gasteiger partial charge is 0.142 e. The topological polar surface area (TPSA) is 62.7 Å². The van der Waals surface area contributed by atoms with E-state index in [1.54, 1.807) is 12.1 Å². The lowest BCUT2D eigenvalue weighted by molar-refractivity contribution is 0.631. The number of aryl methyl sites for hydroxylation is 1. The third kappa shape index (κ3) is 2.82. The van der Waals surface area contributed by atoms with E-state index in [4.69, 9.17) is 17.3 Å². The predicted molar refractivity (Wildman–Crippen MR) is 93.9 cm³/mol. The zero-order valence-corrected chi connectivity index (χ0v) is 13.6. The van der Waals surface area contributed by atoms with E-state index >= 15 is 0 Å². The molecule has 2 N–H and O–H groups in total. The largest absolute Gasteiger partial charge is 0.383 e. The molecule has 118 valence electrons. The van der Waals surface area contributed by atoms with Crippen molar-refractivity contribution in [3.8, 4) is 28.5 Å². The van der Waals surface area contributed by atoms with Crippen LogP contribution in [0.2, 0.25) is 5.02 Å². The summed E-state index contributed by atoms with van der Waals surface area (Å²) in [7, 11) is 0. The maximum atomic E-state index is 14.3. The van der Waals surface area contributed by atoms with Gasteiger partial charge in [-0.3, -0.25) is 0 Å². The van der Waals surface area contributed by atoms with Gasteiger partial charge in [0.15, 0.2) is 0 Å². The number of hydrogen-bond donors (Lipinski definition) is 1. The van der Waals surface area contributed by atoms with Gasteiger partial charge < -0.3 is 5.73 Å². The zero-order chi connectivity index (χ0) is 17.3. The molecule has 3 rings (SSSR count). The minimum absolute atomic E-state index is 0.0462. The highest BCUT2D eigenvalue weighted by molar-refractivity contribution is 6.33. The zero-order valence-electron chi connectivity index (χ0n) is 12.8. The number of benzene rings is 2. The van der Waals surface area contributed by atoms with Crippen LogP contribution in [0.25, 0.3) is 22.4 Å². The summed E-state index contributed by atoms with van der Waals surface area (Å²) in [4.78, 5) is 4.28. The van der Waals surface area contributed by atoms with Crippen LogP contribution >= 0.6 is 11.6 Å². The van der Waals surface area contributed by atoms with Gasteiger partial charge in [-0.2, -0.15) is 5.26 Å². The second-order valence-electron chi connectivity index (χ2n) is 5.39. The van der Waals surface area contributed by atoms with Crippen molar-refractivity contribution in [1.82, 2.24) is 4.98 Å². The third-order valence-electron chi connectivity index (χ3n) is 3.74. The molecule has 1 heterocycles. The molecule has 0 aliphatic rings. The van der Waals surface area contributed by atoms with Gasteiger partial charge in [-0.25, -0.2) is 9.37 Å². The van der Waals surface area contributed by atoms with Gasteiger partial charge in [0.1, 0.15) is 23.3 Å². The van der Waals surface area contributed by atoms with Crippen molar-refractivity contribution >= 4 is 17.4 Å². The number of nitrogens with zero attached hydrogens (tertiary/aromatic N) is 2. The molecule has 0 amide bonds. The van der Waals surface area contributed by atoms with Crippen molar-refractivity contribution < 1.29 is 4.39 Å². The Balaban J connectivity index is 2.29. The van der Waals surface area contributed by atoms with E-state index in [2.05, 4.69) is 4.98 Å². The van der Waals surface area contributed by atoms with Crippen LogP contribution in [0.5, 0.6) is 0 Å². The van der Waals surface area contributed by atoms with Gasteiger partial charge in [-0.05, 0) is 25.1 Å². The fourth-order valence-electron chi connectivity index (χ4n) is 2.51. The molecular weight excluding hydrogens is 325 g/mol. The molecule has 0 saturated carbocycles. The highest BCUT2D eigenvalue weighted by atomic mass is 35.5. The molecule has 1 aromatic heterocycles. The molecule has 0 atom stereocenters. The van der Waals surface area contributed by atoms with Crippen molar-refractivity contribution in [2.24, 2.45) is 0 Å². The maximum absolute atomic E-state index is 14.3. The summed E-state index contributed by atoms with van der Waals surface area (Å²) in [5.41, 5.74) is 9.03. The summed E-state index contributed by atoms with van der Waals surface area (Å²) >= 11 is 6.15. The number of anilines is 1. The SMILES string of the molecule is Cc1ccc(-c2cc(-c3c(F)cccc3Cl)c(C#N)c(N)n2)cc1. The Labute approximate surface area is 144 Å². The number of pyridine rings is 1. The number of nitrogen functional groups attached to an aromatic ring is 1. The first-order valence-corrected chi connectivity index (χ1v) is 7.61. The lowest BCUT2D eigenvalue weighted by atomic mass is 9.97. The first-order chi connectivity index (χ1) is 11.5. The Kier molecular flexibility index (Phi) is 4.20. The minimum atomic E-state index is -0.514. The summed E-state index contributed by atoms with van der Waals surface area (Å²) in [5, 5.41) is 9.62. The summed E-state index contributed by atoms with van der Waals surface area (Å²) in [6.07, 6.45) is 0. The van der Waals surface area contributed by atoms with Crippen LogP contribution in [0.3, 0.4) is 0 Å². The standard InChI is InChI=1S/C19H13ClFN3/c1-11-5-7-12(8-6-11)17-9-13(14(10-22)19(23)24-17)18-15(20)3-2-4-16(18)21/h2-9H,1H3,(H2,23,24). The Hall–Kier alpha value is -2.90. The first-order valence-electron chi connectivity index (χ1n) is 7.23. The van der Waals surface area contributed by atoms with Crippen LogP contribution in [0.4, 0.5) is 10.2 Å². The fraction of sp³-hybridized carbons (Fsp3) is 0.0526. The third-order valence-corrected chi connectivity index (χ3v) is 4.05. The molecule has 0 saturated heterocycles. The lowest BCUT2D eigenvalue weighted by Gasteiger charge is -2.12. The Bertz CT molecular complexity index is 939. The van der Waals surface area contributed by atoms with E-state index < -0.39 is 5.82 Å². The number of halogens is 2. The molecular formula is C19H13ClFN3. The number of aromatic nitrogens is 1. The normalized spacial score (nSPS) is 10.4. The Morgan fingerprint density at radius 3 is 2.50 bits per heavy atom. The fourth-order valence-corrected chi connectivity index (χ4v) is 2.77. The molecule has 0 aliphatic carbocycles. The van der Waals surface area contributed by atoms with Crippen LogP contribution in [0.15, 0.2) is 48.5 Å². The predicted octanol–water partition coefficient (Wildman–Crippen LogP) is 4.97. The summed E-state index contributed by atoms with van der Waals surface area (Å²) < 4.78 is 14.3. The average Bonchev–Trinajstić information content (AvgIpc) is 2.55. The Morgan fingerprint density at radius 1 is 1.17 bits per heavy atom. The number of hydrogen-bond acceptors (Lipinski definition) is 3. The van der Waals surface area contributed by atoms with Gasteiger partial charge >= 0.3 is 0 Å². The molecule has 3 aromatic rings. The van der Waals surface area contributed by atoms with Crippen LogP contribution in [0.1, 0.15) is 11.1 Å². The van der Waals surface area contributed by atoms with E-state index in [9.17, 15) is 9.65 Å². The van der Waals surface area contributed by atoms with Crippen LogP contribution < -0.4 is 5.73 Å². The van der Waals surface area contributed by atoms with E-state index in [1.807, 2.05) is 37.3 Å². The van der Waals surface area contributed by atoms with Gasteiger partial charge in [0.2, 0.25) is 0 Å². The highest BCUT2D eigenvalue weighted by Crippen LogP contribution is 2.36. The maximum Gasteiger partial charge on any atom is 0.142 e. The van der Waals surface area contributed by atoms with Crippen molar-refractivity contribution in [1.29, 1.82) is 5.26 Å². The van der Waals surface area contributed by atoms with Crippen molar-refractivity contribution in [2.45, 2.75) is 6.92 Å². The van der Waals surface area contributed by atoms with Gasteiger partial charge in [-0.1, -0.05) is 47.5 Å². The molecule has 2 aromatic carbocycles. The van der Waals surface area contributed by atoms with E-state index in [-0.39, 0.29) is 22.0 Å². The van der Waals surface area contributed by atoms with Gasteiger partial charge in [0.25, 0.3) is 0 Å². The molecule has 0 aliphatic heterocycles. The molecule has 5 heteroatoms. The van der Waals surface area contributed by atoms with Crippen molar-refractivity contribution in [3.05, 3.63) is 70.5 Å². The summed E-state index contributed by atoms with van der Waals surface area (Å²) in [6, 6.07) is 15.7. The minimum Gasteiger partial charge on any atom is -0.383 e. The van der Waals surface area contributed by atoms with Crippen molar-refractivity contribution in [3.63, 3.8) is 0 Å². The van der Waals surface area contributed by atoms with Crippen LogP contribution in [0, 0.1) is 24.1 Å². The molecule has 3 nitrogen and oxygen atoms in total. The summed E-state index contributed by atoms with van der Waals surface area (Å²) in [6.45, 7) is 1.98. The number of rotatable bonds is 2. The number of nitrogens with two attached hydrogens (primary N) is 1. The molecule has 24 heavy (non-hydrogen) atoms.